The number of aromatic amines is 1. The molecular formula is C25H29N5O3. The minimum Gasteiger partial charge on any atom is -0.470 e. The molecule has 4 heterocycles. The molecule has 1 aromatic carbocycles. The molecule has 2 saturated heterocycles. The number of nitrogens with one attached hydrogen (secondary N) is 1. The number of fused-ring (bicyclic) bond motifs is 1. The number of ether oxygens (including phenoxy) is 1. The number of likely N-dealkylation sites (tertiary alicyclic amines) is 2. The van der Waals surface area contributed by atoms with E-state index < -0.39 is 0 Å². The predicted molar refractivity (Wildman–Crippen MR) is 124 cm³/mol. The van der Waals surface area contributed by atoms with Gasteiger partial charge < -0.3 is 19.5 Å². The second-order valence-electron chi connectivity index (χ2n) is 9.23. The van der Waals surface area contributed by atoms with E-state index in [1.807, 2.05) is 55.1 Å². The predicted octanol–water partition coefficient (Wildman–Crippen LogP) is 3.22. The molecule has 0 aliphatic carbocycles. The van der Waals surface area contributed by atoms with Crippen molar-refractivity contribution in [1.82, 2.24) is 24.8 Å². The number of hydrogen-bond donors (Lipinski definition) is 1. The molecule has 33 heavy (non-hydrogen) atoms. The lowest BCUT2D eigenvalue weighted by atomic mass is 9.90. The van der Waals surface area contributed by atoms with Gasteiger partial charge in [0.2, 0.25) is 11.8 Å². The van der Waals surface area contributed by atoms with Crippen molar-refractivity contribution in [2.24, 2.45) is 5.92 Å². The van der Waals surface area contributed by atoms with E-state index in [0.717, 1.165) is 36.0 Å². The van der Waals surface area contributed by atoms with Gasteiger partial charge in [0, 0.05) is 36.7 Å². The van der Waals surface area contributed by atoms with Gasteiger partial charge in [-0.2, -0.15) is 0 Å². The molecule has 0 spiro atoms. The van der Waals surface area contributed by atoms with Crippen LogP contribution in [0.5, 0.6) is 5.88 Å². The fraction of sp³-hybridized carbons (Fsp3) is 0.440. The number of carbonyl (C=O) groups is 2. The summed E-state index contributed by atoms with van der Waals surface area (Å²) in [7, 11) is 0. The van der Waals surface area contributed by atoms with Crippen molar-refractivity contribution in [3.05, 3.63) is 54.0 Å². The maximum absolute atomic E-state index is 12.8. The zero-order valence-electron chi connectivity index (χ0n) is 19.0. The molecule has 2 aromatic heterocycles. The molecule has 0 saturated carbocycles. The molecule has 8 heteroatoms. The highest BCUT2D eigenvalue weighted by Crippen LogP contribution is 2.33. The summed E-state index contributed by atoms with van der Waals surface area (Å²) in [4.78, 5) is 41.0. The van der Waals surface area contributed by atoms with Crippen LogP contribution in [0.1, 0.15) is 48.8 Å². The molecule has 2 aliphatic heterocycles. The topological polar surface area (TPSA) is 91.4 Å². The maximum atomic E-state index is 12.8. The first-order valence-corrected chi connectivity index (χ1v) is 11.6. The SMILES string of the molecule is CC(C)C(=O)N1CCC[C@H](c2cccnc2OC2CN(C(=O)c3nc4ccccc4[nH]3)C2)C1. The number of imidazole rings is 1. The number of amides is 2. The molecule has 1 atom stereocenters. The molecule has 1 N–H and O–H groups in total. The molecule has 0 radical (unpaired) electrons. The Hall–Kier alpha value is -3.42. The molecule has 0 bridgehead atoms. The van der Waals surface area contributed by atoms with E-state index in [9.17, 15) is 9.59 Å². The molecule has 8 nitrogen and oxygen atoms in total. The number of benzene rings is 1. The van der Waals surface area contributed by atoms with Gasteiger partial charge >= 0.3 is 0 Å². The monoisotopic (exact) mass is 447 g/mol. The highest BCUT2D eigenvalue weighted by atomic mass is 16.5. The van der Waals surface area contributed by atoms with Crippen LogP contribution >= 0.6 is 0 Å². The van der Waals surface area contributed by atoms with Crippen molar-refractivity contribution in [3.8, 4) is 5.88 Å². The van der Waals surface area contributed by atoms with Crippen molar-refractivity contribution in [2.45, 2.75) is 38.7 Å². The third-order valence-corrected chi connectivity index (χ3v) is 6.47. The summed E-state index contributed by atoms with van der Waals surface area (Å²) in [5.41, 5.74) is 2.68. The number of carbonyl (C=O) groups excluding carboxylic acids is 2. The second kappa shape index (κ2) is 8.84. The van der Waals surface area contributed by atoms with Crippen LogP contribution in [-0.2, 0) is 4.79 Å². The average molecular weight is 448 g/mol. The molecule has 0 unspecified atom stereocenters. The minimum atomic E-state index is -0.123. The zero-order chi connectivity index (χ0) is 22.9. The van der Waals surface area contributed by atoms with Gasteiger partial charge in [-0.15, -0.1) is 0 Å². The summed E-state index contributed by atoms with van der Waals surface area (Å²) in [6, 6.07) is 11.6. The first-order chi connectivity index (χ1) is 16.0. The van der Waals surface area contributed by atoms with Gasteiger partial charge in [0.25, 0.3) is 5.91 Å². The Morgan fingerprint density at radius 2 is 1.91 bits per heavy atom. The van der Waals surface area contributed by atoms with E-state index in [1.165, 1.54) is 0 Å². The van der Waals surface area contributed by atoms with Crippen LogP contribution in [0.2, 0.25) is 0 Å². The maximum Gasteiger partial charge on any atom is 0.289 e. The Balaban J connectivity index is 1.22. The number of para-hydroxylation sites is 2. The highest BCUT2D eigenvalue weighted by molar-refractivity contribution is 5.94. The number of rotatable bonds is 5. The van der Waals surface area contributed by atoms with Crippen LogP contribution < -0.4 is 4.74 Å². The Bertz CT molecular complexity index is 1130. The van der Waals surface area contributed by atoms with E-state index in [0.29, 0.717) is 31.3 Å². The van der Waals surface area contributed by atoms with E-state index in [-0.39, 0.29) is 29.8 Å². The quantitative estimate of drug-likeness (QED) is 0.648. The van der Waals surface area contributed by atoms with Gasteiger partial charge in [-0.25, -0.2) is 9.97 Å². The zero-order valence-corrected chi connectivity index (χ0v) is 19.0. The van der Waals surface area contributed by atoms with Gasteiger partial charge in [-0.1, -0.05) is 32.0 Å². The molecule has 2 aliphatic rings. The normalized spacial score (nSPS) is 19.1. The van der Waals surface area contributed by atoms with Gasteiger partial charge in [0.15, 0.2) is 5.82 Å². The summed E-state index contributed by atoms with van der Waals surface area (Å²) in [6.07, 6.45) is 3.60. The van der Waals surface area contributed by atoms with Gasteiger partial charge in [-0.3, -0.25) is 9.59 Å². The Morgan fingerprint density at radius 1 is 1.09 bits per heavy atom. The van der Waals surface area contributed by atoms with Crippen molar-refractivity contribution in [1.29, 1.82) is 0 Å². The van der Waals surface area contributed by atoms with Gasteiger partial charge in [0.1, 0.15) is 6.10 Å². The molecule has 5 rings (SSSR count). The van der Waals surface area contributed by atoms with Crippen LogP contribution in [0.4, 0.5) is 0 Å². The first kappa shape index (κ1) is 21.4. The number of hydrogen-bond acceptors (Lipinski definition) is 5. The standard InChI is InChI=1S/C25H29N5O3/c1-16(2)24(31)29-12-6-7-17(13-29)19-8-5-11-26-23(19)33-18-14-30(15-18)25(32)22-27-20-9-3-4-10-21(20)28-22/h3-5,8-11,16-18H,6-7,12-15H2,1-2H3,(H,27,28)/t17-/m0/s1. The van der Waals surface area contributed by atoms with E-state index in [2.05, 4.69) is 15.0 Å². The number of aromatic nitrogens is 3. The van der Waals surface area contributed by atoms with E-state index in [1.54, 1.807) is 11.1 Å². The number of nitrogens with zero attached hydrogens (tertiary/aromatic N) is 4. The average Bonchev–Trinajstić information content (AvgIpc) is 3.25. The summed E-state index contributed by atoms with van der Waals surface area (Å²) >= 11 is 0. The lowest BCUT2D eigenvalue weighted by Crippen LogP contribution is -2.56. The van der Waals surface area contributed by atoms with E-state index in [4.69, 9.17) is 4.74 Å². The Morgan fingerprint density at radius 3 is 2.70 bits per heavy atom. The lowest BCUT2D eigenvalue weighted by Gasteiger charge is -2.39. The third-order valence-electron chi connectivity index (χ3n) is 6.47. The summed E-state index contributed by atoms with van der Waals surface area (Å²) in [5, 5.41) is 0. The lowest BCUT2D eigenvalue weighted by molar-refractivity contribution is -0.135. The van der Waals surface area contributed by atoms with E-state index >= 15 is 0 Å². The second-order valence-corrected chi connectivity index (χ2v) is 9.23. The van der Waals surface area contributed by atoms with Crippen molar-refractivity contribution >= 4 is 22.8 Å². The number of H-pyrrole nitrogens is 1. The van der Waals surface area contributed by atoms with Crippen LogP contribution in [0, 0.1) is 5.92 Å². The number of pyridine rings is 1. The molecule has 3 aromatic rings. The first-order valence-electron chi connectivity index (χ1n) is 11.6. The minimum absolute atomic E-state index is 0.00128. The fourth-order valence-electron chi connectivity index (χ4n) is 4.65. The summed E-state index contributed by atoms with van der Waals surface area (Å²) in [5.74, 6) is 1.25. The third kappa shape index (κ3) is 4.29. The van der Waals surface area contributed by atoms with Crippen LogP contribution in [0.25, 0.3) is 11.0 Å². The van der Waals surface area contributed by atoms with Gasteiger partial charge in [-0.05, 0) is 31.0 Å². The highest BCUT2D eigenvalue weighted by Gasteiger charge is 2.36. The fourth-order valence-corrected chi connectivity index (χ4v) is 4.65. The molecular weight excluding hydrogens is 418 g/mol. The van der Waals surface area contributed by atoms with Crippen molar-refractivity contribution in [3.63, 3.8) is 0 Å². The van der Waals surface area contributed by atoms with Crippen molar-refractivity contribution in [2.75, 3.05) is 26.2 Å². The number of piperidine rings is 1. The van der Waals surface area contributed by atoms with Gasteiger partial charge in [0.05, 0.1) is 24.1 Å². The van der Waals surface area contributed by atoms with Crippen LogP contribution in [-0.4, -0.2) is 68.8 Å². The largest absolute Gasteiger partial charge is 0.470 e. The Kier molecular flexibility index (Phi) is 5.74. The van der Waals surface area contributed by atoms with Crippen molar-refractivity contribution < 1.29 is 14.3 Å². The Labute approximate surface area is 193 Å². The molecule has 2 amide bonds. The molecule has 172 valence electrons. The van der Waals surface area contributed by atoms with Crippen LogP contribution in [0.3, 0.4) is 0 Å². The summed E-state index contributed by atoms with van der Waals surface area (Å²) in [6.45, 7) is 6.38. The summed E-state index contributed by atoms with van der Waals surface area (Å²) < 4.78 is 6.21. The van der Waals surface area contributed by atoms with Crippen LogP contribution in [0.15, 0.2) is 42.6 Å². The smallest absolute Gasteiger partial charge is 0.289 e. The molecule has 2 fully saturated rings.